The molecule has 0 amide bonds. The van der Waals surface area contributed by atoms with Crippen LogP contribution in [-0.2, 0) is 0 Å². The average Bonchev–Trinajstić information content (AvgIpc) is 2.95. The highest BCUT2D eigenvalue weighted by Crippen LogP contribution is 2.27. The molecule has 2 aromatic carbocycles. The number of hydrogen-bond acceptors (Lipinski definition) is 3. The van der Waals surface area contributed by atoms with Gasteiger partial charge in [-0.2, -0.15) is 5.26 Å². The molecule has 0 radical (unpaired) electrons. The fourth-order valence-electron chi connectivity index (χ4n) is 2.29. The third kappa shape index (κ3) is 2.66. The Hall–Kier alpha value is -2.31. The van der Waals surface area contributed by atoms with Crippen LogP contribution < -0.4 is 5.32 Å². The van der Waals surface area contributed by atoms with Gasteiger partial charge in [0.25, 0.3) is 0 Å². The van der Waals surface area contributed by atoms with Gasteiger partial charge in [-0.15, -0.1) is 11.3 Å². The standard InChI is InChI=1S/C17H14N2S/c18-10-8-16(13-4-2-1-3-5-13)19-15-6-7-17-14(12-15)9-11-20-17/h1-7,9,11-12,16,19H,8H2. The van der Waals surface area contributed by atoms with Gasteiger partial charge in [0.1, 0.15) is 0 Å². The van der Waals surface area contributed by atoms with Crippen LogP contribution in [0.3, 0.4) is 0 Å². The van der Waals surface area contributed by atoms with E-state index in [4.69, 9.17) is 5.26 Å². The Labute approximate surface area is 122 Å². The van der Waals surface area contributed by atoms with E-state index in [1.165, 1.54) is 10.1 Å². The summed E-state index contributed by atoms with van der Waals surface area (Å²) in [6.07, 6.45) is 0.450. The van der Waals surface area contributed by atoms with Crippen molar-refractivity contribution in [3.63, 3.8) is 0 Å². The number of hydrogen-bond donors (Lipinski definition) is 1. The summed E-state index contributed by atoms with van der Waals surface area (Å²) < 4.78 is 1.28. The first-order valence-electron chi connectivity index (χ1n) is 6.52. The van der Waals surface area contributed by atoms with Gasteiger partial charge >= 0.3 is 0 Å². The lowest BCUT2D eigenvalue weighted by Crippen LogP contribution is -2.09. The summed E-state index contributed by atoms with van der Waals surface area (Å²) in [5, 5.41) is 15.8. The molecule has 0 spiro atoms. The first kappa shape index (κ1) is 12.7. The van der Waals surface area contributed by atoms with E-state index < -0.39 is 0 Å². The van der Waals surface area contributed by atoms with Crippen molar-refractivity contribution in [2.45, 2.75) is 12.5 Å². The van der Waals surface area contributed by atoms with Crippen molar-refractivity contribution in [2.75, 3.05) is 5.32 Å². The van der Waals surface area contributed by atoms with E-state index in [-0.39, 0.29) is 6.04 Å². The van der Waals surface area contributed by atoms with E-state index in [9.17, 15) is 0 Å². The minimum atomic E-state index is 0.0253. The normalized spacial score (nSPS) is 11.9. The van der Waals surface area contributed by atoms with Crippen molar-refractivity contribution < 1.29 is 0 Å². The number of thiophene rings is 1. The number of nitrogens with zero attached hydrogens (tertiary/aromatic N) is 1. The minimum absolute atomic E-state index is 0.0253. The average molecular weight is 278 g/mol. The topological polar surface area (TPSA) is 35.8 Å². The number of benzene rings is 2. The molecule has 0 aliphatic carbocycles. The lowest BCUT2D eigenvalue weighted by atomic mass is 10.0. The van der Waals surface area contributed by atoms with Gasteiger partial charge in [-0.05, 0) is 40.6 Å². The highest BCUT2D eigenvalue weighted by atomic mass is 32.1. The summed E-state index contributed by atoms with van der Waals surface area (Å²) in [5.74, 6) is 0. The summed E-state index contributed by atoms with van der Waals surface area (Å²) in [4.78, 5) is 0. The molecule has 3 rings (SSSR count). The Bertz CT molecular complexity index is 740. The van der Waals surface area contributed by atoms with Gasteiger partial charge in [-0.25, -0.2) is 0 Å². The Morgan fingerprint density at radius 3 is 2.75 bits per heavy atom. The lowest BCUT2D eigenvalue weighted by molar-refractivity contribution is 0.806. The monoisotopic (exact) mass is 278 g/mol. The zero-order chi connectivity index (χ0) is 13.8. The van der Waals surface area contributed by atoms with Gasteiger partial charge in [0.2, 0.25) is 0 Å². The maximum absolute atomic E-state index is 9.03. The SMILES string of the molecule is N#CCC(Nc1ccc2sccc2c1)c1ccccc1. The second kappa shape index (κ2) is 5.77. The van der Waals surface area contributed by atoms with Gasteiger partial charge in [-0.3, -0.25) is 0 Å². The second-order valence-corrected chi connectivity index (χ2v) is 5.59. The largest absolute Gasteiger partial charge is 0.377 e. The molecule has 2 nitrogen and oxygen atoms in total. The predicted octanol–water partition coefficient (Wildman–Crippen LogP) is 4.97. The Morgan fingerprint density at radius 1 is 1.10 bits per heavy atom. The van der Waals surface area contributed by atoms with Crippen LogP contribution in [0.25, 0.3) is 10.1 Å². The van der Waals surface area contributed by atoms with Gasteiger partial charge in [0.15, 0.2) is 0 Å². The van der Waals surface area contributed by atoms with Gasteiger partial charge in [0, 0.05) is 10.4 Å². The molecule has 3 aromatic rings. The van der Waals surface area contributed by atoms with E-state index in [1.54, 1.807) is 11.3 Å². The number of nitriles is 1. The van der Waals surface area contributed by atoms with Crippen molar-refractivity contribution >= 4 is 27.1 Å². The van der Waals surface area contributed by atoms with E-state index in [0.717, 1.165) is 11.3 Å². The maximum Gasteiger partial charge on any atom is 0.0647 e. The van der Waals surface area contributed by atoms with Crippen LogP contribution in [0.2, 0.25) is 0 Å². The van der Waals surface area contributed by atoms with Gasteiger partial charge < -0.3 is 5.32 Å². The van der Waals surface area contributed by atoms with Crippen molar-refractivity contribution in [3.05, 3.63) is 65.5 Å². The summed E-state index contributed by atoms with van der Waals surface area (Å²) in [7, 11) is 0. The highest BCUT2D eigenvalue weighted by Gasteiger charge is 2.10. The Kier molecular flexibility index (Phi) is 3.67. The first-order valence-corrected chi connectivity index (χ1v) is 7.40. The molecule has 3 heteroatoms. The molecule has 0 aliphatic heterocycles. The molecule has 0 saturated carbocycles. The maximum atomic E-state index is 9.03. The quantitative estimate of drug-likeness (QED) is 0.731. The highest BCUT2D eigenvalue weighted by molar-refractivity contribution is 7.17. The van der Waals surface area contributed by atoms with Crippen molar-refractivity contribution in [3.8, 4) is 6.07 Å². The van der Waals surface area contributed by atoms with Gasteiger partial charge in [-0.1, -0.05) is 30.3 Å². The summed E-state index contributed by atoms with van der Waals surface area (Å²) in [6.45, 7) is 0. The number of anilines is 1. The zero-order valence-corrected chi connectivity index (χ0v) is 11.7. The molecule has 0 bridgehead atoms. The smallest absolute Gasteiger partial charge is 0.0647 e. The molecule has 1 unspecified atom stereocenters. The molecule has 20 heavy (non-hydrogen) atoms. The molecule has 1 atom stereocenters. The third-order valence-corrected chi connectivity index (χ3v) is 4.19. The predicted molar refractivity (Wildman–Crippen MR) is 84.9 cm³/mol. The number of nitrogens with one attached hydrogen (secondary N) is 1. The van der Waals surface area contributed by atoms with Crippen LogP contribution in [0.5, 0.6) is 0 Å². The molecule has 1 aromatic heterocycles. The molecule has 98 valence electrons. The van der Waals surface area contributed by atoms with Crippen molar-refractivity contribution in [1.82, 2.24) is 0 Å². The molecule has 1 heterocycles. The summed E-state index contributed by atoms with van der Waals surface area (Å²) >= 11 is 1.74. The molecule has 1 N–H and O–H groups in total. The van der Waals surface area contributed by atoms with E-state index in [1.807, 2.05) is 18.2 Å². The molecular weight excluding hydrogens is 264 g/mol. The molecular formula is C17H14N2S. The summed E-state index contributed by atoms with van der Waals surface area (Å²) in [6, 6.07) is 20.8. The van der Waals surface area contributed by atoms with Crippen LogP contribution in [0.4, 0.5) is 5.69 Å². The molecule has 0 saturated heterocycles. The lowest BCUT2D eigenvalue weighted by Gasteiger charge is -2.17. The van der Waals surface area contributed by atoms with Crippen molar-refractivity contribution in [2.24, 2.45) is 0 Å². The Balaban J connectivity index is 1.87. The van der Waals surface area contributed by atoms with Crippen LogP contribution in [0.1, 0.15) is 18.0 Å². The van der Waals surface area contributed by atoms with E-state index in [0.29, 0.717) is 6.42 Å². The van der Waals surface area contributed by atoms with Crippen LogP contribution in [-0.4, -0.2) is 0 Å². The van der Waals surface area contributed by atoms with Gasteiger partial charge in [0.05, 0.1) is 18.5 Å². The number of rotatable bonds is 4. The third-order valence-electron chi connectivity index (χ3n) is 3.29. The van der Waals surface area contributed by atoms with Crippen LogP contribution >= 0.6 is 11.3 Å². The second-order valence-electron chi connectivity index (χ2n) is 4.64. The fraction of sp³-hybridized carbons (Fsp3) is 0.118. The minimum Gasteiger partial charge on any atom is -0.377 e. The molecule has 0 aliphatic rings. The van der Waals surface area contributed by atoms with Crippen molar-refractivity contribution in [1.29, 1.82) is 5.26 Å². The Morgan fingerprint density at radius 2 is 1.95 bits per heavy atom. The van der Waals surface area contributed by atoms with Crippen LogP contribution in [0.15, 0.2) is 60.0 Å². The zero-order valence-electron chi connectivity index (χ0n) is 10.9. The first-order chi connectivity index (χ1) is 9.86. The summed E-state index contributed by atoms with van der Waals surface area (Å²) in [5.41, 5.74) is 2.19. The van der Waals surface area contributed by atoms with E-state index in [2.05, 4.69) is 53.2 Å². The molecule has 0 fully saturated rings. The fourth-order valence-corrected chi connectivity index (χ4v) is 3.06. The number of fused-ring (bicyclic) bond motifs is 1. The van der Waals surface area contributed by atoms with Crippen LogP contribution in [0, 0.1) is 11.3 Å². The van der Waals surface area contributed by atoms with E-state index >= 15 is 0 Å².